The molecule has 0 saturated heterocycles. The Morgan fingerprint density at radius 3 is 2.70 bits per heavy atom. The molecule has 0 unspecified atom stereocenters. The van der Waals surface area contributed by atoms with Gasteiger partial charge >= 0.3 is 0 Å². The monoisotopic (exact) mass is 244 g/mol. The molecule has 0 spiro atoms. The first-order valence-corrected chi connectivity index (χ1v) is 4.29. The average Bonchev–Trinajstić information content (AvgIpc) is 1.95. The Bertz CT molecular complexity index is 233. The highest BCUT2D eigenvalue weighted by Crippen LogP contribution is 2.20. The Morgan fingerprint density at radius 2 is 2.20 bits per heavy atom. The summed E-state index contributed by atoms with van der Waals surface area (Å²) >= 11 is 2.12. The maximum absolute atomic E-state index is 9.13. The molecular weight excluding hydrogens is 235 g/mol. The van der Waals surface area contributed by atoms with Gasteiger partial charge in [0.2, 0.25) is 0 Å². The highest BCUT2D eigenvalue weighted by molar-refractivity contribution is 14.1. The first kappa shape index (κ1) is 7.85. The molecule has 0 atom stereocenters. The van der Waals surface area contributed by atoms with Crippen molar-refractivity contribution in [1.82, 2.24) is 0 Å². The molecule has 0 saturated carbocycles. The quantitative estimate of drug-likeness (QED) is 0.752. The highest BCUT2D eigenvalue weighted by Gasteiger charge is 1.95. The third kappa shape index (κ3) is 1.62. The van der Waals surface area contributed by atoms with Crippen LogP contribution in [-0.2, 0) is 6.42 Å². The molecule has 1 nitrogen and oxygen atoms in total. The van der Waals surface area contributed by atoms with Crippen LogP contribution in [0.2, 0.25) is 0 Å². The molecule has 0 aliphatic rings. The topological polar surface area (TPSA) is 20.2 Å². The molecule has 0 fully saturated rings. The van der Waals surface area contributed by atoms with Crippen molar-refractivity contribution in [2.45, 2.75) is 13.3 Å². The van der Waals surface area contributed by atoms with Crippen molar-refractivity contribution in [3.8, 4) is 5.75 Å². The molecule has 1 aromatic rings. The third-order valence-electron chi connectivity index (χ3n) is 1.42. The minimum absolute atomic E-state index is 0.373. The van der Waals surface area contributed by atoms with Crippen LogP contribution in [0.5, 0.6) is 5.75 Å². The predicted octanol–water partition coefficient (Wildman–Crippen LogP) is 2.56. The van der Waals surface area contributed by atoms with Crippen molar-refractivity contribution in [3.05, 3.63) is 27.3 Å². The van der Waals surface area contributed by atoms with Gasteiger partial charge in [-0.2, -0.15) is 0 Å². The summed E-state index contributed by atoms with van der Waals surface area (Å²) in [4.78, 5) is 0. The number of hydrogen-bond acceptors (Lipinski definition) is 1. The largest absolute Gasteiger partial charge is 0.507 e. The Morgan fingerprint density at radius 1 is 1.50 bits per heavy atom. The van der Waals surface area contributed by atoms with Gasteiger partial charge in [0.25, 0.3) is 0 Å². The van der Waals surface area contributed by atoms with Gasteiger partial charge in [-0.1, -0.05) is 13.0 Å². The summed E-state index contributed by atoms with van der Waals surface area (Å²) in [7, 11) is 0. The van der Waals surface area contributed by atoms with Crippen molar-refractivity contribution in [3.63, 3.8) is 0 Å². The lowest BCUT2D eigenvalue weighted by Crippen LogP contribution is -1.80. The molecule has 2 heteroatoms. The molecule has 1 aromatic carbocycles. The van der Waals surface area contributed by atoms with Gasteiger partial charge in [0.05, 0.1) is 3.57 Å². The summed E-state index contributed by atoms with van der Waals surface area (Å²) in [6.07, 6.45) is 1.02. The summed E-state index contributed by atoms with van der Waals surface area (Å²) in [5.41, 5.74) is 1.27. The van der Waals surface area contributed by atoms with Crippen molar-refractivity contribution < 1.29 is 5.11 Å². The van der Waals surface area contributed by atoms with E-state index < -0.39 is 0 Å². The number of halogens is 1. The van der Waals surface area contributed by atoms with E-state index in [1.165, 1.54) is 5.56 Å². The van der Waals surface area contributed by atoms with E-state index >= 15 is 0 Å². The van der Waals surface area contributed by atoms with Gasteiger partial charge in [0.15, 0.2) is 0 Å². The molecule has 0 aromatic heterocycles. The SMILES string of the molecule is CCc1ccc(O)c([123I])c1. The molecule has 0 radical (unpaired) electrons. The van der Waals surface area contributed by atoms with Crippen LogP contribution in [0.15, 0.2) is 18.2 Å². The van der Waals surface area contributed by atoms with E-state index in [1.807, 2.05) is 12.1 Å². The Kier molecular flexibility index (Phi) is 2.54. The van der Waals surface area contributed by atoms with E-state index in [0.717, 1.165) is 9.99 Å². The van der Waals surface area contributed by atoms with Gasteiger partial charge in [-0.05, 0) is 46.7 Å². The van der Waals surface area contributed by atoms with E-state index in [-0.39, 0.29) is 0 Å². The van der Waals surface area contributed by atoms with Crippen molar-refractivity contribution in [2.24, 2.45) is 0 Å². The zero-order valence-corrected chi connectivity index (χ0v) is 7.92. The van der Waals surface area contributed by atoms with E-state index in [0.29, 0.717) is 5.75 Å². The normalized spacial score (nSPS) is 9.80. The predicted molar refractivity (Wildman–Crippen MR) is 50.2 cm³/mol. The second-order valence-electron chi connectivity index (χ2n) is 2.14. The Hall–Kier alpha value is -0.250. The molecule has 0 heterocycles. The molecule has 0 aliphatic heterocycles. The summed E-state index contributed by atoms with van der Waals surface area (Å²) in [5, 5.41) is 9.13. The molecule has 1 N–H and O–H groups in total. The first-order valence-electron chi connectivity index (χ1n) is 3.21. The van der Waals surface area contributed by atoms with Gasteiger partial charge in [-0.15, -0.1) is 0 Å². The zero-order valence-electron chi connectivity index (χ0n) is 5.76. The summed E-state index contributed by atoms with van der Waals surface area (Å²) < 4.78 is 0.928. The van der Waals surface area contributed by atoms with E-state index in [4.69, 9.17) is 5.11 Å². The summed E-state index contributed by atoms with van der Waals surface area (Å²) in [6.45, 7) is 2.10. The second-order valence-corrected chi connectivity index (χ2v) is 3.30. The van der Waals surface area contributed by atoms with Crippen LogP contribution in [0.3, 0.4) is 0 Å². The zero-order chi connectivity index (χ0) is 7.56. The highest BCUT2D eigenvalue weighted by atomic mass is 123. The molecule has 1 rings (SSSR count). The average molecular weight is 244 g/mol. The lowest BCUT2D eigenvalue weighted by atomic mass is 10.2. The van der Waals surface area contributed by atoms with E-state index in [2.05, 4.69) is 29.5 Å². The molecule has 10 heavy (non-hydrogen) atoms. The number of aromatic hydroxyl groups is 1. The molecule has 54 valence electrons. The van der Waals surface area contributed by atoms with E-state index in [1.54, 1.807) is 6.07 Å². The third-order valence-corrected chi connectivity index (χ3v) is 2.28. The van der Waals surface area contributed by atoms with Gasteiger partial charge < -0.3 is 5.11 Å². The van der Waals surface area contributed by atoms with Crippen LogP contribution in [0.1, 0.15) is 12.5 Å². The number of phenols is 1. The molecule has 0 bridgehead atoms. The Labute approximate surface area is 74.2 Å². The lowest BCUT2D eigenvalue weighted by Gasteiger charge is -1.98. The lowest BCUT2D eigenvalue weighted by molar-refractivity contribution is 0.471. The van der Waals surface area contributed by atoms with Gasteiger partial charge in [0, 0.05) is 0 Å². The van der Waals surface area contributed by atoms with Crippen molar-refractivity contribution >= 4 is 22.6 Å². The number of rotatable bonds is 1. The van der Waals surface area contributed by atoms with Crippen LogP contribution in [-0.4, -0.2) is 5.11 Å². The van der Waals surface area contributed by atoms with Gasteiger partial charge in [-0.3, -0.25) is 0 Å². The van der Waals surface area contributed by atoms with Gasteiger partial charge in [-0.25, -0.2) is 0 Å². The molecule has 0 amide bonds. The smallest absolute Gasteiger partial charge is 0.128 e. The van der Waals surface area contributed by atoms with Crippen LogP contribution in [0.25, 0.3) is 0 Å². The van der Waals surface area contributed by atoms with Crippen molar-refractivity contribution in [2.75, 3.05) is 0 Å². The second kappa shape index (κ2) is 3.23. The molecular formula is C8H9IO. The Balaban J connectivity index is 3.04. The van der Waals surface area contributed by atoms with Crippen LogP contribution >= 0.6 is 22.6 Å². The number of phenolic OH excluding ortho intramolecular Hbond substituents is 1. The van der Waals surface area contributed by atoms with E-state index in [9.17, 15) is 0 Å². The van der Waals surface area contributed by atoms with Crippen LogP contribution < -0.4 is 0 Å². The minimum Gasteiger partial charge on any atom is -0.507 e. The fourth-order valence-electron chi connectivity index (χ4n) is 0.770. The summed E-state index contributed by atoms with van der Waals surface area (Å²) in [5.74, 6) is 0.373. The number of aryl methyl sites for hydroxylation is 1. The summed E-state index contributed by atoms with van der Waals surface area (Å²) in [6, 6.07) is 5.67. The van der Waals surface area contributed by atoms with Gasteiger partial charge in [0.1, 0.15) is 5.75 Å². The fourth-order valence-corrected chi connectivity index (χ4v) is 1.35. The fraction of sp³-hybridized carbons (Fsp3) is 0.250. The number of benzene rings is 1. The first-order chi connectivity index (χ1) is 4.74. The maximum Gasteiger partial charge on any atom is 0.128 e. The minimum atomic E-state index is 0.373. The van der Waals surface area contributed by atoms with Crippen molar-refractivity contribution in [1.29, 1.82) is 0 Å². The molecule has 0 aliphatic carbocycles. The number of hydrogen-bond donors (Lipinski definition) is 1. The van der Waals surface area contributed by atoms with Crippen LogP contribution in [0, 0.1) is 3.57 Å². The standard InChI is InChI=1S/C8H9IO/c1-2-6-3-4-8(10)7(9)5-6/h3-5,10H,2H2,1H3/i9-4. The maximum atomic E-state index is 9.13. The van der Waals surface area contributed by atoms with Crippen LogP contribution in [0.4, 0.5) is 0 Å².